The van der Waals surface area contributed by atoms with Gasteiger partial charge in [-0.05, 0) is 75.1 Å². The molecule has 1 N–H and O–H groups in total. The molecule has 37 heavy (non-hydrogen) atoms. The summed E-state index contributed by atoms with van der Waals surface area (Å²) in [7, 11) is 3.23. The van der Waals surface area contributed by atoms with E-state index >= 15 is 0 Å². The summed E-state index contributed by atoms with van der Waals surface area (Å²) in [4.78, 5) is 27.4. The van der Waals surface area contributed by atoms with Gasteiger partial charge in [0, 0.05) is 29.3 Å². The average molecular weight is 502 g/mol. The number of methoxy groups -OCH3 is 2. The summed E-state index contributed by atoms with van der Waals surface area (Å²) in [5, 5.41) is 3.45. The molecule has 0 unspecified atom stereocenters. The van der Waals surface area contributed by atoms with Gasteiger partial charge in [0.15, 0.2) is 17.3 Å². The monoisotopic (exact) mass is 501 g/mol. The first-order valence-electron chi connectivity index (χ1n) is 13.1. The molecule has 0 bridgehead atoms. The van der Waals surface area contributed by atoms with E-state index in [1.165, 1.54) is 0 Å². The van der Waals surface area contributed by atoms with Gasteiger partial charge in [0.25, 0.3) is 0 Å². The van der Waals surface area contributed by atoms with Crippen molar-refractivity contribution in [2.45, 2.75) is 70.3 Å². The van der Waals surface area contributed by atoms with Crippen molar-refractivity contribution < 1.29 is 23.8 Å². The Kier molecular flexibility index (Phi) is 7.09. The lowest BCUT2D eigenvalue weighted by Crippen LogP contribution is -2.36. The normalized spacial score (nSPS) is 22.0. The lowest BCUT2D eigenvalue weighted by atomic mass is 9.71. The minimum Gasteiger partial charge on any atom is -0.493 e. The van der Waals surface area contributed by atoms with Crippen LogP contribution in [0.15, 0.2) is 65.0 Å². The third-order valence-corrected chi connectivity index (χ3v) is 7.88. The fraction of sp³-hybridized carbons (Fsp3) is 0.419. The van der Waals surface area contributed by atoms with Crippen LogP contribution in [0.5, 0.6) is 11.5 Å². The zero-order valence-electron chi connectivity index (χ0n) is 22.1. The van der Waals surface area contributed by atoms with Gasteiger partial charge in [-0.2, -0.15) is 0 Å². The summed E-state index contributed by atoms with van der Waals surface area (Å²) in [6.07, 6.45) is 4.96. The number of ketones is 1. The number of benzene rings is 2. The molecule has 3 aliphatic rings. The molecule has 0 amide bonds. The second-order valence-corrected chi connectivity index (χ2v) is 10.4. The molecule has 1 aliphatic heterocycles. The molecule has 2 atom stereocenters. The Balaban J connectivity index is 1.53. The Morgan fingerprint density at radius 1 is 0.919 bits per heavy atom. The number of ether oxygens (including phenoxy) is 3. The van der Waals surface area contributed by atoms with E-state index in [4.69, 9.17) is 14.2 Å². The zero-order chi connectivity index (χ0) is 26.1. The Hall–Kier alpha value is -3.54. The van der Waals surface area contributed by atoms with E-state index in [1.54, 1.807) is 14.2 Å². The van der Waals surface area contributed by atoms with Crippen molar-refractivity contribution in [1.29, 1.82) is 0 Å². The molecule has 2 aromatic carbocycles. The van der Waals surface area contributed by atoms with Gasteiger partial charge in [0.05, 0.1) is 19.8 Å². The maximum Gasteiger partial charge on any atom is 0.337 e. The highest BCUT2D eigenvalue weighted by molar-refractivity contribution is 6.04. The summed E-state index contributed by atoms with van der Waals surface area (Å²) in [5.41, 5.74) is 5.95. The number of hydrogen-bond acceptors (Lipinski definition) is 6. The van der Waals surface area contributed by atoms with Crippen LogP contribution in [0.3, 0.4) is 0 Å². The SMILES string of the molecule is COc1ccc([C@@H]2CC(=O)C3=C(C2)NC(C)=C(C(=O)OC2CCCC2)[C@@H]3c2cccc(C)c2)cc1OC. The summed E-state index contributed by atoms with van der Waals surface area (Å²) in [5.74, 6) is 0.603. The summed E-state index contributed by atoms with van der Waals surface area (Å²) >= 11 is 0. The predicted molar refractivity (Wildman–Crippen MR) is 142 cm³/mol. The zero-order valence-corrected chi connectivity index (χ0v) is 22.1. The number of aryl methyl sites for hydroxylation is 1. The number of allylic oxidation sites excluding steroid dienone is 3. The second-order valence-electron chi connectivity index (χ2n) is 10.4. The van der Waals surface area contributed by atoms with Crippen molar-refractivity contribution in [1.82, 2.24) is 5.32 Å². The van der Waals surface area contributed by atoms with Crippen LogP contribution >= 0.6 is 0 Å². The Morgan fingerprint density at radius 2 is 1.68 bits per heavy atom. The van der Waals surface area contributed by atoms with Crippen molar-refractivity contribution in [3.63, 3.8) is 0 Å². The molecule has 1 heterocycles. The second kappa shape index (κ2) is 10.4. The molecule has 1 fully saturated rings. The first-order chi connectivity index (χ1) is 17.9. The van der Waals surface area contributed by atoms with E-state index in [0.717, 1.165) is 53.8 Å². The van der Waals surface area contributed by atoms with Crippen LogP contribution in [0.2, 0.25) is 0 Å². The van der Waals surface area contributed by atoms with Crippen LogP contribution in [-0.4, -0.2) is 32.1 Å². The van der Waals surface area contributed by atoms with E-state index in [0.29, 0.717) is 35.5 Å². The molecular formula is C31H35NO5. The van der Waals surface area contributed by atoms with E-state index in [-0.39, 0.29) is 23.8 Å². The number of dihydropyridines is 1. The standard InChI is InChI=1S/C31H35NO5/c1-18-8-7-9-21(14-18)29-28(31(34)37-23-10-5-6-11-23)19(2)32-24-15-22(16-25(33)30(24)29)20-12-13-26(35-3)27(17-20)36-4/h7-9,12-14,17,22-23,29,32H,5-6,10-11,15-16H2,1-4H3/t22-,29-/m0/s1. The number of rotatable bonds is 6. The smallest absolute Gasteiger partial charge is 0.337 e. The molecule has 5 rings (SSSR count). The molecule has 2 aliphatic carbocycles. The van der Waals surface area contributed by atoms with Gasteiger partial charge in [0.1, 0.15) is 6.10 Å². The Morgan fingerprint density at radius 3 is 2.38 bits per heavy atom. The molecule has 2 aromatic rings. The first-order valence-corrected chi connectivity index (χ1v) is 13.1. The fourth-order valence-electron chi connectivity index (χ4n) is 6.06. The van der Waals surface area contributed by atoms with Crippen LogP contribution in [0.25, 0.3) is 0 Å². The molecule has 194 valence electrons. The summed E-state index contributed by atoms with van der Waals surface area (Å²) in [6, 6.07) is 13.9. The van der Waals surface area contributed by atoms with Crippen molar-refractivity contribution in [3.05, 3.63) is 81.7 Å². The summed E-state index contributed by atoms with van der Waals surface area (Å²) < 4.78 is 16.9. The number of Topliss-reactive ketones (excluding diaryl/α,β-unsaturated/α-hetero) is 1. The molecule has 1 saturated carbocycles. The van der Waals surface area contributed by atoms with Crippen molar-refractivity contribution in [2.24, 2.45) is 0 Å². The molecule has 0 aromatic heterocycles. The Bertz CT molecular complexity index is 1280. The maximum absolute atomic E-state index is 13.8. The Labute approximate surface area is 218 Å². The maximum atomic E-state index is 13.8. The van der Waals surface area contributed by atoms with Gasteiger partial charge >= 0.3 is 5.97 Å². The highest BCUT2D eigenvalue weighted by Crippen LogP contribution is 2.46. The summed E-state index contributed by atoms with van der Waals surface area (Å²) in [6.45, 7) is 3.95. The van der Waals surface area contributed by atoms with Crippen LogP contribution in [-0.2, 0) is 14.3 Å². The van der Waals surface area contributed by atoms with Gasteiger partial charge in [-0.1, -0.05) is 35.9 Å². The molecule has 0 spiro atoms. The van der Waals surface area contributed by atoms with Gasteiger partial charge in [-0.25, -0.2) is 4.79 Å². The van der Waals surface area contributed by atoms with Crippen molar-refractivity contribution in [3.8, 4) is 11.5 Å². The van der Waals surface area contributed by atoms with Crippen molar-refractivity contribution in [2.75, 3.05) is 14.2 Å². The van der Waals surface area contributed by atoms with E-state index in [2.05, 4.69) is 11.4 Å². The number of carbonyl (C=O) groups is 2. The number of hydrogen-bond donors (Lipinski definition) is 1. The number of esters is 1. The molecule has 0 saturated heterocycles. The topological polar surface area (TPSA) is 73.9 Å². The molecule has 6 nitrogen and oxygen atoms in total. The third-order valence-electron chi connectivity index (χ3n) is 7.88. The van der Waals surface area contributed by atoms with Crippen LogP contribution in [0.4, 0.5) is 0 Å². The molecule has 0 radical (unpaired) electrons. The quantitative estimate of drug-likeness (QED) is 0.500. The molecule has 6 heteroatoms. The van der Waals surface area contributed by atoms with Crippen LogP contribution < -0.4 is 14.8 Å². The van der Waals surface area contributed by atoms with Gasteiger partial charge in [-0.3, -0.25) is 4.79 Å². The third kappa shape index (κ3) is 4.89. The highest BCUT2D eigenvalue weighted by Gasteiger charge is 2.42. The van der Waals surface area contributed by atoms with E-state index in [1.807, 2.05) is 50.2 Å². The van der Waals surface area contributed by atoms with Gasteiger partial charge in [0.2, 0.25) is 0 Å². The van der Waals surface area contributed by atoms with E-state index < -0.39 is 5.92 Å². The minimum atomic E-state index is -0.441. The first kappa shape index (κ1) is 25.1. The largest absolute Gasteiger partial charge is 0.493 e. The van der Waals surface area contributed by atoms with Crippen LogP contribution in [0, 0.1) is 6.92 Å². The lowest BCUT2D eigenvalue weighted by Gasteiger charge is -2.37. The highest BCUT2D eigenvalue weighted by atomic mass is 16.5. The molecular weight excluding hydrogens is 466 g/mol. The minimum absolute atomic E-state index is 0.00324. The lowest BCUT2D eigenvalue weighted by molar-refractivity contribution is -0.144. The van der Waals surface area contributed by atoms with Gasteiger partial charge in [-0.15, -0.1) is 0 Å². The van der Waals surface area contributed by atoms with Gasteiger partial charge < -0.3 is 19.5 Å². The number of nitrogens with one attached hydrogen (secondary N) is 1. The van der Waals surface area contributed by atoms with Crippen molar-refractivity contribution >= 4 is 11.8 Å². The average Bonchev–Trinajstić information content (AvgIpc) is 3.40. The van der Waals surface area contributed by atoms with Crippen LogP contribution in [0.1, 0.15) is 74.0 Å². The van der Waals surface area contributed by atoms with E-state index in [9.17, 15) is 9.59 Å². The number of carbonyl (C=O) groups excluding carboxylic acids is 2. The fourth-order valence-corrected chi connectivity index (χ4v) is 6.06. The predicted octanol–water partition coefficient (Wildman–Crippen LogP) is 5.86.